The molecule has 1 atom stereocenters. The maximum atomic E-state index is 9.47. The van der Waals surface area contributed by atoms with Crippen LogP contribution in [0.15, 0.2) is 23.2 Å². The lowest BCUT2D eigenvalue weighted by Gasteiger charge is -2.38. The summed E-state index contributed by atoms with van der Waals surface area (Å²) in [5, 5.41) is 16.5. The number of hydrogen-bond acceptors (Lipinski definition) is 5. The molecule has 2 heterocycles. The summed E-state index contributed by atoms with van der Waals surface area (Å²) in [6.07, 6.45) is 7.79. The van der Waals surface area contributed by atoms with E-state index >= 15 is 0 Å². The number of aliphatic hydroxyl groups excluding tert-OH is 1. The topological polar surface area (TPSA) is 84.3 Å². The fourth-order valence-corrected chi connectivity index (χ4v) is 5.08. The summed E-state index contributed by atoms with van der Waals surface area (Å²) in [5.41, 5.74) is 1.37. The number of rotatable bonds is 7. The van der Waals surface area contributed by atoms with Crippen LogP contribution in [0, 0.1) is 5.41 Å². The summed E-state index contributed by atoms with van der Waals surface area (Å²) >= 11 is 0. The smallest absolute Gasteiger partial charge is 0.231 e. The molecule has 1 aromatic rings. The predicted octanol–water partition coefficient (Wildman–Crippen LogP) is 3.19. The third kappa shape index (κ3) is 5.57. The molecule has 1 saturated heterocycles. The van der Waals surface area contributed by atoms with Crippen LogP contribution in [0.25, 0.3) is 0 Å². The Hall–Kier alpha value is -1.26. The van der Waals surface area contributed by atoms with Crippen molar-refractivity contribution < 1.29 is 19.3 Å². The van der Waals surface area contributed by atoms with Gasteiger partial charge in [0.2, 0.25) is 6.79 Å². The second-order valence-corrected chi connectivity index (χ2v) is 8.96. The molecule has 0 aromatic heterocycles. The van der Waals surface area contributed by atoms with Gasteiger partial charge in [0.05, 0.1) is 6.61 Å². The van der Waals surface area contributed by atoms with Gasteiger partial charge in [-0.15, -0.1) is 24.0 Å². The molecular weight excluding hydrogens is 509 g/mol. The maximum absolute atomic E-state index is 9.47. The first-order valence-corrected chi connectivity index (χ1v) is 11.2. The third-order valence-corrected chi connectivity index (χ3v) is 7.07. The molecule has 8 heteroatoms. The molecule has 0 radical (unpaired) electrons. The summed E-state index contributed by atoms with van der Waals surface area (Å²) in [5.74, 6) is 2.50. The monoisotopic (exact) mass is 545 g/mol. The lowest BCUT2D eigenvalue weighted by Crippen LogP contribution is -2.49. The molecule has 1 unspecified atom stereocenters. The minimum atomic E-state index is -0.00772. The average molecular weight is 545 g/mol. The Morgan fingerprint density at radius 1 is 1.06 bits per heavy atom. The molecule has 3 aliphatic rings. The lowest BCUT2D eigenvalue weighted by atomic mass is 9.69. The van der Waals surface area contributed by atoms with Crippen molar-refractivity contribution in [2.24, 2.45) is 10.4 Å². The highest BCUT2D eigenvalue weighted by Crippen LogP contribution is 2.43. The van der Waals surface area contributed by atoms with Crippen LogP contribution in [0.2, 0.25) is 0 Å². The van der Waals surface area contributed by atoms with E-state index in [0.717, 1.165) is 62.8 Å². The first-order valence-electron chi connectivity index (χ1n) is 11.2. The summed E-state index contributed by atoms with van der Waals surface area (Å²) in [4.78, 5) is 4.45. The molecule has 1 aromatic carbocycles. The molecule has 0 bridgehead atoms. The standard InChI is InChI=1S/C23H35N3O4.HI/c1-24-21(25-14-22(9-11-27)10-12-28-16-22)26-15-23(7-3-2-4-8-23)18-5-6-19-20(13-18)30-17-29-19;/h5-6,13,27H,2-4,7-12,14-17H2,1H3,(H2,24,25,26);1H. The number of nitrogens with zero attached hydrogens (tertiary/aromatic N) is 1. The third-order valence-electron chi connectivity index (χ3n) is 7.07. The number of halogens is 1. The van der Waals surface area contributed by atoms with Crippen molar-refractivity contribution >= 4 is 29.9 Å². The van der Waals surface area contributed by atoms with Gasteiger partial charge in [0.1, 0.15) is 0 Å². The Morgan fingerprint density at radius 3 is 2.55 bits per heavy atom. The number of aliphatic imine (C=N–C) groups is 1. The highest BCUT2D eigenvalue weighted by Gasteiger charge is 2.37. The van der Waals surface area contributed by atoms with Crippen molar-refractivity contribution in [3.8, 4) is 11.5 Å². The molecule has 0 spiro atoms. The highest BCUT2D eigenvalue weighted by atomic mass is 127. The van der Waals surface area contributed by atoms with Crippen LogP contribution >= 0.6 is 24.0 Å². The molecule has 0 amide bonds. The van der Waals surface area contributed by atoms with Gasteiger partial charge in [0.25, 0.3) is 0 Å². The number of aliphatic hydroxyl groups is 1. The Bertz CT molecular complexity index is 746. The van der Waals surface area contributed by atoms with Crippen LogP contribution in [0.5, 0.6) is 11.5 Å². The van der Waals surface area contributed by atoms with E-state index in [0.29, 0.717) is 13.4 Å². The van der Waals surface area contributed by atoms with Gasteiger partial charge in [-0.05, 0) is 43.4 Å². The van der Waals surface area contributed by atoms with Crippen LogP contribution in [-0.2, 0) is 10.2 Å². The van der Waals surface area contributed by atoms with Crippen LogP contribution in [0.3, 0.4) is 0 Å². The number of benzene rings is 1. The van der Waals surface area contributed by atoms with Gasteiger partial charge in [-0.25, -0.2) is 0 Å². The van der Waals surface area contributed by atoms with Crippen molar-refractivity contribution in [3.63, 3.8) is 0 Å². The summed E-state index contributed by atoms with van der Waals surface area (Å²) in [6.45, 7) is 3.53. The fourth-order valence-electron chi connectivity index (χ4n) is 5.08. The Morgan fingerprint density at radius 2 is 1.84 bits per heavy atom. The first kappa shape index (κ1) is 24.4. The van der Waals surface area contributed by atoms with Crippen molar-refractivity contribution in [2.75, 3.05) is 46.8 Å². The number of ether oxygens (including phenoxy) is 3. The van der Waals surface area contributed by atoms with Crippen LogP contribution in [-0.4, -0.2) is 57.8 Å². The SMILES string of the molecule is CN=C(NCC1(CCO)CCOC1)NCC1(c2ccc3c(c2)OCO3)CCCCC1.I. The van der Waals surface area contributed by atoms with Gasteiger partial charge < -0.3 is 30.0 Å². The van der Waals surface area contributed by atoms with Crippen LogP contribution < -0.4 is 20.1 Å². The maximum Gasteiger partial charge on any atom is 0.231 e. The molecule has 7 nitrogen and oxygen atoms in total. The van der Waals surface area contributed by atoms with E-state index in [4.69, 9.17) is 14.2 Å². The molecule has 2 aliphatic heterocycles. The van der Waals surface area contributed by atoms with E-state index in [1.54, 1.807) is 0 Å². The van der Waals surface area contributed by atoms with Crippen molar-refractivity contribution in [3.05, 3.63) is 23.8 Å². The van der Waals surface area contributed by atoms with Gasteiger partial charge in [0.15, 0.2) is 17.5 Å². The Kier molecular flexibility index (Phi) is 8.69. The van der Waals surface area contributed by atoms with Gasteiger partial charge in [-0.2, -0.15) is 0 Å². The van der Waals surface area contributed by atoms with Crippen LogP contribution in [0.4, 0.5) is 0 Å². The van der Waals surface area contributed by atoms with Gasteiger partial charge >= 0.3 is 0 Å². The Labute approximate surface area is 202 Å². The molecular formula is C23H36IN3O4. The first-order chi connectivity index (χ1) is 14.7. The molecule has 1 saturated carbocycles. The Balaban J connectivity index is 0.00000272. The zero-order chi connectivity index (χ0) is 20.9. The zero-order valence-electron chi connectivity index (χ0n) is 18.5. The minimum Gasteiger partial charge on any atom is -0.454 e. The molecule has 174 valence electrons. The largest absolute Gasteiger partial charge is 0.454 e. The summed E-state index contributed by atoms with van der Waals surface area (Å²) < 4.78 is 16.8. The summed E-state index contributed by atoms with van der Waals surface area (Å²) in [7, 11) is 1.81. The second-order valence-electron chi connectivity index (χ2n) is 8.96. The van der Waals surface area contributed by atoms with E-state index in [1.807, 2.05) is 13.1 Å². The number of nitrogens with one attached hydrogen (secondary N) is 2. The average Bonchev–Trinajstić information content (AvgIpc) is 3.44. The fraction of sp³-hybridized carbons (Fsp3) is 0.696. The van der Waals surface area contributed by atoms with E-state index in [1.165, 1.54) is 24.8 Å². The van der Waals surface area contributed by atoms with Crippen molar-refractivity contribution in [1.29, 1.82) is 0 Å². The molecule has 31 heavy (non-hydrogen) atoms. The number of hydrogen-bond donors (Lipinski definition) is 3. The van der Waals surface area contributed by atoms with E-state index in [-0.39, 0.29) is 41.4 Å². The van der Waals surface area contributed by atoms with Crippen molar-refractivity contribution in [2.45, 2.75) is 50.4 Å². The quantitative estimate of drug-likeness (QED) is 0.278. The summed E-state index contributed by atoms with van der Waals surface area (Å²) in [6, 6.07) is 6.40. The van der Waals surface area contributed by atoms with Crippen LogP contribution in [0.1, 0.15) is 50.5 Å². The lowest BCUT2D eigenvalue weighted by molar-refractivity contribution is 0.127. The van der Waals surface area contributed by atoms with E-state index in [2.05, 4.69) is 27.8 Å². The van der Waals surface area contributed by atoms with E-state index in [9.17, 15) is 5.11 Å². The van der Waals surface area contributed by atoms with Gasteiger partial charge in [-0.1, -0.05) is 25.3 Å². The van der Waals surface area contributed by atoms with Gasteiger partial charge in [0, 0.05) is 44.2 Å². The number of guanidine groups is 1. The minimum absolute atomic E-state index is 0. The van der Waals surface area contributed by atoms with E-state index < -0.39 is 0 Å². The molecule has 3 N–H and O–H groups in total. The van der Waals surface area contributed by atoms with Crippen molar-refractivity contribution in [1.82, 2.24) is 10.6 Å². The second kappa shape index (κ2) is 11.0. The number of fused-ring (bicyclic) bond motifs is 1. The molecule has 2 fully saturated rings. The molecule has 4 rings (SSSR count). The zero-order valence-corrected chi connectivity index (χ0v) is 20.8. The normalized spacial score (nSPS) is 24.5. The van der Waals surface area contributed by atoms with Gasteiger partial charge in [-0.3, -0.25) is 4.99 Å². The highest BCUT2D eigenvalue weighted by molar-refractivity contribution is 14.0. The molecule has 1 aliphatic carbocycles. The predicted molar refractivity (Wildman–Crippen MR) is 132 cm³/mol.